The average molecular weight is 505 g/mol. The van der Waals surface area contributed by atoms with Crippen LogP contribution in [0.3, 0.4) is 0 Å². The van der Waals surface area contributed by atoms with Gasteiger partial charge in [-0.05, 0) is 43.9 Å². The molecule has 0 unspecified atom stereocenters. The Kier molecular flexibility index (Phi) is 7.83. The Morgan fingerprint density at radius 2 is 1.75 bits per heavy atom. The lowest BCUT2D eigenvalue weighted by Crippen LogP contribution is -2.55. The van der Waals surface area contributed by atoms with E-state index < -0.39 is 0 Å². The molecular formula is C20H36IN5O2. The van der Waals surface area contributed by atoms with E-state index in [4.69, 9.17) is 9.73 Å². The van der Waals surface area contributed by atoms with E-state index in [9.17, 15) is 4.79 Å². The summed E-state index contributed by atoms with van der Waals surface area (Å²) in [7, 11) is 0. The molecule has 0 radical (unpaired) electrons. The van der Waals surface area contributed by atoms with E-state index >= 15 is 0 Å². The van der Waals surface area contributed by atoms with Crippen LogP contribution in [0.4, 0.5) is 0 Å². The molecule has 1 amide bonds. The average Bonchev–Trinajstić information content (AvgIpc) is 3.60. The van der Waals surface area contributed by atoms with Gasteiger partial charge in [0.25, 0.3) is 0 Å². The first-order chi connectivity index (χ1) is 13.2. The predicted molar refractivity (Wildman–Crippen MR) is 121 cm³/mol. The van der Waals surface area contributed by atoms with Gasteiger partial charge in [0.15, 0.2) is 5.96 Å². The van der Waals surface area contributed by atoms with Gasteiger partial charge in [-0.3, -0.25) is 14.7 Å². The fourth-order valence-corrected chi connectivity index (χ4v) is 4.43. The lowest BCUT2D eigenvalue weighted by molar-refractivity contribution is -0.136. The second kappa shape index (κ2) is 9.93. The van der Waals surface area contributed by atoms with Crippen molar-refractivity contribution in [3.63, 3.8) is 0 Å². The summed E-state index contributed by atoms with van der Waals surface area (Å²) >= 11 is 0. The molecule has 7 nitrogen and oxygen atoms in total. The summed E-state index contributed by atoms with van der Waals surface area (Å²) in [6.45, 7) is 11.1. The van der Waals surface area contributed by atoms with Crippen LogP contribution in [0.15, 0.2) is 4.99 Å². The Morgan fingerprint density at radius 1 is 1.07 bits per heavy atom. The van der Waals surface area contributed by atoms with Crippen LogP contribution < -0.4 is 5.32 Å². The summed E-state index contributed by atoms with van der Waals surface area (Å²) < 4.78 is 5.34. The molecule has 28 heavy (non-hydrogen) atoms. The zero-order valence-corrected chi connectivity index (χ0v) is 19.5. The fourth-order valence-electron chi connectivity index (χ4n) is 4.43. The van der Waals surface area contributed by atoms with Gasteiger partial charge in [-0.25, -0.2) is 0 Å². The summed E-state index contributed by atoms with van der Waals surface area (Å²) in [5.41, 5.74) is 0.549. The third-order valence-corrected chi connectivity index (χ3v) is 6.61. The lowest BCUT2D eigenvalue weighted by Gasteiger charge is -2.37. The molecule has 1 N–H and O–H groups in total. The highest BCUT2D eigenvalue weighted by atomic mass is 127. The van der Waals surface area contributed by atoms with Gasteiger partial charge in [0.05, 0.1) is 19.8 Å². The highest BCUT2D eigenvalue weighted by molar-refractivity contribution is 14.0. The zero-order chi connectivity index (χ0) is 18.7. The molecule has 2 heterocycles. The largest absolute Gasteiger partial charge is 0.378 e. The minimum Gasteiger partial charge on any atom is -0.378 e. The number of amides is 1. The number of guanidine groups is 1. The number of rotatable bonds is 6. The van der Waals surface area contributed by atoms with Gasteiger partial charge in [0.1, 0.15) is 0 Å². The van der Waals surface area contributed by atoms with Crippen molar-refractivity contribution < 1.29 is 9.53 Å². The van der Waals surface area contributed by atoms with E-state index in [0.29, 0.717) is 25.2 Å². The molecule has 0 aromatic heterocycles. The molecule has 2 saturated heterocycles. The van der Waals surface area contributed by atoms with Gasteiger partial charge in [-0.1, -0.05) is 0 Å². The summed E-state index contributed by atoms with van der Waals surface area (Å²) in [5.74, 6) is 2.27. The molecule has 2 aliphatic heterocycles. The Hall–Kier alpha value is -0.610. The fraction of sp³-hybridized carbons (Fsp3) is 0.900. The second-order valence-electron chi connectivity index (χ2n) is 8.56. The predicted octanol–water partition coefficient (Wildman–Crippen LogP) is 1.24. The van der Waals surface area contributed by atoms with Gasteiger partial charge >= 0.3 is 0 Å². The molecule has 4 fully saturated rings. The van der Waals surface area contributed by atoms with E-state index in [2.05, 4.69) is 22.0 Å². The standard InChI is InChI=1S/C20H35N5O2.HI/c1-2-21-19(22-16-20(5-6-20)17-3-4-17)25-9-7-23(8-10-25)15-18(26)24-11-13-27-14-12-24;/h17H,2-16H2,1H3,(H,21,22);1H. The first-order valence-corrected chi connectivity index (χ1v) is 10.8. The van der Waals surface area contributed by atoms with Crippen molar-refractivity contribution in [2.45, 2.75) is 32.6 Å². The number of ether oxygens (including phenoxy) is 1. The molecule has 2 saturated carbocycles. The summed E-state index contributed by atoms with van der Waals surface area (Å²) in [6, 6.07) is 0. The van der Waals surface area contributed by atoms with Crippen LogP contribution in [0, 0.1) is 11.3 Å². The number of nitrogens with one attached hydrogen (secondary N) is 1. The maximum Gasteiger partial charge on any atom is 0.236 e. The summed E-state index contributed by atoms with van der Waals surface area (Å²) in [6.07, 6.45) is 5.58. The molecule has 0 spiro atoms. The molecule has 4 aliphatic rings. The van der Waals surface area contributed by atoms with E-state index in [0.717, 1.165) is 64.2 Å². The van der Waals surface area contributed by atoms with Gasteiger partial charge in [0, 0.05) is 52.4 Å². The van der Waals surface area contributed by atoms with Crippen LogP contribution >= 0.6 is 24.0 Å². The van der Waals surface area contributed by atoms with Crippen molar-refractivity contribution in [2.24, 2.45) is 16.3 Å². The van der Waals surface area contributed by atoms with Crippen molar-refractivity contribution in [3.05, 3.63) is 0 Å². The van der Waals surface area contributed by atoms with Gasteiger partial charge in [-0.2, -0.15) is 0 Å². The van der Waals surface area contributed by atoms with Crippen LogP contribution in [0.25, 0.3) is 0 Å². The number of piperazine rings is 1. The lowest BCUT2D eigenvalue weighted by atomic mass is 10.0. The molecule has 0 bridgehead atoms. The summed E-state index contributed by atoms with van der Waals surface area (Å²) in [4.78, 5) is 24.1. The van der Waals surface area contributed by atoms with Crippen LogP contribution in [0.5, 0.6) is 0 Å². The normalized spacial score (nSPS) is 25.2. The van der Waals surface area contributed by atoms with Crippen molar-refractivity contribution in [1.82, 2.24) is 20.0 Å². The van der Waals surface area contributed by atoms with Gasteiger partial charge in [0.2, 0.25) is 5.91 Å². The van der Waals surface area contributed by atoms with Gasteiger partial charge in [-0.15, -0.1) is 24.0 Å². The van der Waals surface area contributed by atoms with E-state index in [1.807, 2.05) is 4.90 Å². The van der Waals surface area contributed by atoms with E-state index in [-0.39, 0.29) is 29.9 Å². The summed E-state index contributed by atoms with van der Waals surface area (Å²) in [5, 5.41) is 3.49. The van der Waals surface area contributed by atoms with Crippen LogP contribution in [0.2, 0.25) is 0 Å². The quantitative estimate of drug-likeness (QED) is 0.335. The molecule has 2 aliphatic carbocycles. The maximum atomic E-state index is 12.5. The van der Waals surface area contributed by atoms with Crippen LogP contribution in [-0.2, 0) is 9.53 Å². The molecule has 160 valence electrons. The van der Waals surface area contributed by atoms with E-state index in [1.165, 1.54) is 25.7 Å². The van der Waals surface area contributed by atoms with Crippen molar-refractivity contribution in [1.29, 1.82) is 0 Å². The van der Waals surface area contributed by atoms with Crippen molar-refractivity contribution in [3.8, 4) is 0 Å². The smallest absolute Gasteiger partial charge is 0.236 e. The Bertz CT molecular complexity index is 551. The number of morpholine rings is 1. The first-order valence-electron chi connectivity index (χ1n) is 10.8. The number of carbonyl (C=O) groups excluding carboxylic acids is 1. The van der Waals surface area contributed by atoms with Crippen LogP contribution in [-0.4, -0.2) is 98.7 Å². The number of aliphatic imine (C=N–C) groups is 1. The van der Waals surface area contributed by atoms with Crippen LogP contribution in [0.1, 0.15) is 32.6 Å². The monoisotopic (exact) mass is 505 g/mol. The number of halogens is 1. The third kappa shape index (κ3) is 5.50. The SMILES string of the molecule is CCNC(=NCC1(C2CC2)CC1)N1CCN(CC(=O)N2CCOCC2)CC1.I. The van der Waals surface area contributed by atoms with Crippen molar-refractivity contribution in [2.75, 3.05) is 72.1 Å². The molecule has 8 heteroatoms. The highest BCUT2D eigenvalue weighted by Crippen LogP contribution is 2.61. The van der Waals surface area contributed by atoms with Gasteiger partial charge < -0.3 is 19.9 Å². The number of carbonyl (C=O) groups is 1. The zero-order valence-electron chi connectivity index (χ0n) is 17.2. The minimum absolute atomic E-state index is 0. The Balaban J connectivity index is 0.00000225. The number of nitrogens with zero attached hydrogens (tertiary/aromatic N) is 4. The number of hydrogen-bond acceptors (Lipinski definition) is 4. The maximum absolute atomic E-state index is 12.5. The highest BCUT2D eigenvalue weighted by Gasteiger charge is 2.53. The molecular weight excluding hydrogens is 469 g/mol. The third-order valence-electron chi connectivity index (χ3n) is 6.61. The first kappa shape index (κ1) is 22.1. The molecule has 0 aromatic rings. The molecule has 0 aromatic carbocycles. The molecule has 4 rings (SSSR count). The van der Waals surface area contributed by atoms with E-state index in [1.54, 1.807) is 0 Å². The topological polar surface area (TPSA) is 60.4 Å². The molecule has 0 atom stereocenters. The minimum atomic E-state index is 0. The van der Waals surface area contributed by atoms with Crippen molar-refractivity contribution >= 4 is 35.8 Å². The number of hydrogen-bond donors (Lipinski definition) is 1. The Morgan fingerprint density at radius 3 is 2.32 bits per heavy atom. The second-order valence-corrected chi connectivity index (χ2v) is 8.56. The Labute approximate surface area is 186 Å².